The highest BCUT2D eigenvalue weighted by atomic mass is 16.5. The first-order chi connectivity index (χ1) is 7.59. The van der Waals surface area contributed by atoms with Crippen LogP contribution in [0.25, 0.3) is 0 Å². The zero-order chi connectivity index (χ0) is 12.0. The van der Waals surface area contributed by atoms with Gasteiger partial charge in [-0.2, -0.15) is 0 Å². The number of carbonyl (C=O) groups is 1. The number of methoxy groups -OCH3 is 1. The summed E-state index contributed by atoms with van der Waals surface area (Å²) in [5.74, 6) is 0.290. The van der Waals surface area contributed by atoms with Crippen LogP contribution in [0.2, 0.25) is 0 Å². The molecule has 1 rings (SSSR count). The maximum Gasteiger partial charge on any atom is 0.143 e. The first-order valence-corrected chi connectivity index (χ1v) is 5.80. The second-order valence-electron chi connectivity index (χ2n) is 4.67. The summed E-state index contributed by atoms with van der Waals surface area (Å²) < 4.78 is 15.9. The highest BCUT2D eigenvalue weighted by Crippen LogP contribution is 2.38. The molecule has 0 aromatic heterocycles. The lowest BCUT2D eigenvalue weighted by molar-refractivity contribution is -0.160. The van der Waals surface area contributed by atoms with Gasteiger partial charge in [-0.1, -0.05) is 13.8 Å². The molecule has 1 unspecified atom stereocenters. The van der Waals surface area contributed by atoms with E-state index in [1.807, 2.05) is 13.8 Å². The van der Waals surface area contributed by atoms with Gasteiger partial charge in [-0.25, -0.2) is 0 Å². The van der Waals surface area contributed by atoms with Crippen molar-refractivity contribution in [2.75, 3.05) is 33.5 Å². The second-order valence-corrected chi connectivity index (χ2v) is 4.67. The van der Waals surface area contributed by atoms with Gasteiger partial charge in [0.2, 0.25) is 0 Å². The Balaban J connectivity index is 1.94. The van der Waals surface area contributed by atoms with Crippen molar-refractivity contribution in [1.29, 1.82) is 0 Å². The molecule has 0 bridgehead atoms. The van der Waals surface area contributed by atoms with E-state index in [9.17, 15) is 4.79 Å². The van der Waals surface area contributed by atoms with E-state index in [0.717, 1.165) is 13.0 Å². The zero-order valence-electron chi connectivity index (χ0n) is 10.5. The van der Waals surface area contributed by atoms with Crippen LogP contribution in [0, 0.1) is 5.41 Å². The van der Waals surface area contributed by atoms with Crippen molar-refractivity contribution < 1.29 is 19.0 Å². The molecule has 4 nitrogen and oxygen atoms in total. The van der Waals surface area contributed by atoms with Crippen molar-refractivity contribution in [2.45, 2.75) is 32.8 Å². The maximum absolute atomic E-state index is 11.2. The Bertz CT molecular complexity index is 225. The monoisotopic (exact) mass is 230 g/mol. The van der Waals surface area contributed by atoms with Crippen molar-refractivity contribution >= 4 is 5.78 Å². The van der Waals surface area contributed by atoms with Gasteiger partial charge in [0.1, 0.15) is 5.78 Å². The molecule has 1 atom stereocenters. The van der Waals surface area contributed by atoms with Gasteiger partial charge in [-0.3, -0.25) is 4.79 Å². The quantitative estimate of drug-likeness (QED) is 0.592. The predicted octanol–water partition coefficient (Wildman–Crippen LogP) is 1.42. The Morgan fingerprint density at radius 3 is 2.56 bits per heavy atom. The van der Waals surface area contributed by atoms with Crippen LogP contribution in [-0.4, -0.2) is 45.4 Å². The van der Waals surface area contributed by atoms with Gasteiger partial charge < -0.3 is 14.2 Å². The molecular formula is C12H22O4. The molecule has 94 valence electrons. The molecule has 16 heavy (non-hydrogen) atoms. The third-order valence-corrected chi connectivity index (χ3v) is 3.08. The zero-order valence-corrected chi connectivity index (χ0v) is 10.5. The topological polar surface area (TPSA) is 44.8 Å². The lowest BCUT2D eigenvalue weighted by Crippen LogP contribution is -2.51. The van der Waals surface area contributed by atoms with Crippen LogP contribution >= 0.6 is 0 Å². The summed E-state index contributed by atoms with van der Waals surface area (Å²) in [6.45, 7) is 6.44. The summed E-state index contributed by atoms with van der Waals surface area (Å²) in [4.78, 5) is 11.2. The minimum absolute atomic E-state index is 0.0718. The van der Waals surface area contributed by atoms with Crippen molar-refractivity contribution in [1.82, 2.24) is 0 Å². The molecule has 0 radical (unpaired) electrons. The standard InChI is InChI=1S/C12H22O4/c1-12(2)10(13)9-11(12)16-8-7-15-6-4-5-14-3/h11H,4-9H2,1-3H3. The molecule has 4 heteroatoms. The van der Waals surface area contributed by atoms with Crippen LogP contribution in [-0.2, 0) is 19.0 Å². The number of hydrogen-bond donors (Lipinski definition) is 0. The summed E-state index contributed by atoms with van der Waals surface area (Å²) >= 11 is 0. The van der Waals surface area contributed by atoms with Crippen LogP contribution in [0.4, 0.5) is 0 Å². The van der Waals surface area contributed by atoms with Gasteiger partial charge in [0.15, 0.2) is 0 Å². The molecule has 0 spiro atoms. The molecule has 1 fully saturated rings. The average molecular weight is 230 g/mol. The molecule has 0 aliphatic heterocycles. The smallest absolute Gasteiger partial charge is 0.143 e. The van der Waals surface area contributed by atoms with Gasteiger partial charge in [0.05, 0.1) is 24.7 Å². The van der Waals surface area contributed by atoms with Gasteiger partial charge >= 0.3 is 0 Å². The number of ketones is 1. The van der Waals surface area contributed by atoms with Crippen LogP contribution in [0.5, 0.6) is 0 Å². The third-order valence-electron chi connectivity index (χ3n) is 3.08. The van der Waals surface area contributed by atoms with Gasteiger partial charge in [0, 0.05) is 26.7 Å². The Labute approximate surface area is 97.2 Å². The maximum atomic E-state index is 11.2. The molecule has 0 amide bonds. The fourth-order valence-electron chi connectivity index (χ4n) is 1.66. The third kappa shape index (κ3) is 3.54. The summed E-state index contributed by atoms with van der Waals surface area (Å²) in [6.07, 6.45) is 1.53. The lowest BCUT2D eigenvalue weighted by atomic mass is 9.68. The second kappa shape index (κ2) is 6.33. The van der Waals surface area contributed by atoms with E-state index in [0.29, 0.717) is 32.0 Å². The van der Waals surface area contributed by atoms with Crippen molar-refractivity contribution in [3.63, 3.8) is 0 Å². The Morgan fingerprint density at radius 1 is 1.25 bits per heavy atom. The minimum Gasteiger partial charge on any atom is -0.385 e. The summed E-state index contributed by atoms with van der Waals surface area (Å²) in [7, 11) is 1.68. The van der Waals surface area contributed by atoms with Gasteiger partial charge in [0.25, 0.3) is 0 Å². The van der Waals surface area contributed by atoms with Gasteiger partial charge in [-0.15, -0.1) is 0 Å². The largest absolute Gasteiger partial charge is 0.385 e. The molecule has 0 N–H and O–H groups in total. The van der Waals surface area contributed by atoms with Crippen molar-refractivity contribution in [2.24, 2.45) is 5.41 Å². The van der Waals surface area contributed by atoms with E-state index < -0.39 is 0 Å². The summed E-state index contributed by atoms with van der Waals surface area (Å²) in [6, 6.07) is 0. The predicted molar refractivity (Wildman–Crippen MR) is 60.5 cm³/mol. The highest BCUT2D eigenvalue weighted by Gasteiger charge is 2.47. The Hall–Kier alpha value is -0.450. The van der Waals surface area contributed by atoms with E-state index in [1.165, 1.54) is 0 Å². The van der Waals surface area contributed by atoms with E-state index in [2.05, 4.69) is 0 Å². The fraction of sp³-hybridized carbons (Fsp3) is 0.917. The molecule has 0 aromatic carbocycles. The van der Waals surface area contributed by atoms with Crippen LogP contribution in [0.3, 0.4) is 0 Å². The summed E-state index contributed by atoms with van der Waals surface area (Å²) in [5.41, 5.74) is -0.296. The van der Waals surface area contributed by atoms with E-state index in [1.54, 1.807) is 7.11 Å². The number of Topliss-reactive ketones (excluding diaryl/α,β-unsaturated/α-hetero) is 1. The minimum atomic E-state index is -0.296. The number of rotatable bonds is 8. The van der Waals surface area contributed by atoms with Crippen LogP contribution in [0.1, 0.15) is 26.7 Å². The van der Waals surface area contributed by atoms with Crippen LogP contribution < -0.4 is 0 Å². The number of ether oxygens (including phenoxy) is 3. The normalized spacial score (nSPS) is 23.2. The molecule has 1 aliphatic carbocycles. The first kappa shape index (κ1) is 13.6. The molecular weight excluding hydrogens is 208 g/mol. The molecule has 1 aliphatic rings. The van der Waals surface area contributed by atoms with E-state index in [-0.39, 0.29) is 11.5 Å². The molecule has 1 saturated carbocycles. The first-order valence-electron chi connectivity index (χ1n) is 5.80. The SMILES string of the molecule is COCCCOCCOC1CC(=O)C1(C)C. The number of hydrogen-bond acceptors (Lipinski definition) is 4. The van der Waals surface area contributed by atoms with Crippen molar-refractivity contribution in [3.8, 4) is 0 Å². The van der Waals surface area contributed by atoms with Crippen LogP contribution in [0.15, 0.2) is 0 Å². The molecule has 0 heterocycles. The fourth-order valence-corrected chi connectivity index (χ4v) is 1.66. The molecule has 0 aromatic rings. The Morgan fingerprint density at radius 2 is 2.00 bits per heavy atom. The highest BCUT2D eigenvalue weighted by molar-refractivity contribution is 5.91. The van der Waals surface area contributed by atoms with E-state index >= 15 is 0 Å². The average Bonchev–Trinajstić information content (AvgIpc) is 2.26. The summed E-state index contributed by atoms with van der Waals surface area (Å²) in [5, 5.41) is 0. The lowest BCUT2D eigenvalue weighted by Gasteiger charge is -2.41. The van der Waals surface area contributed by atoms with Gasteiger partial charge in [-0.05, 0) is 6.42 Å². The Kier molecular flexibility index (Phi) is 5.38. The van der Waals surface area contributed by atoms with E-state index in [4.69, 9.17) is 14.2 Å². The van der Waals surface area contributed by atoms with Crippen molar-refractivity contribution in [3.05, 3.63) is 0 Å². The number of carbonyl (C=O) groups excluding carboxylic acids is 1. The molecule has 0 saturated heterocycles.